The summed E-state index contributed by atoms with van der Waals surface area (Å²) in [4.78, 5) is 28.3. The molecule has 1 N–H and O–H groups in total. The van der Waals surface area contributed by atoms with Crippen molar-refractivity contribution < 1.29 is 9.59 Å². The maximum Gasteiger partial charge on any atom is 0.242 e. The van der Waals surface area contributed by atoms with Crippen LogP contribution in [0.4, 0.5) is 0 Å². The molecule has 0 fully saturated rings. The zero-order valence-corrected chi connectivity index (χ0v) is 17.1. The molecule has 1 atom stereocenters. The topological polar surface area (TPSA) is 49.4 Å². The molecule has 2 aromatic rings. The number of carbonyl (C=O) groups is 2. The SMILES string of the molecule is CCNC(=O)[C@H](CC)N(Cc1cccc(C)c1)C(=O)CSc1ccccc1. The Morgan fingerprint density at radius 2 is 1.81 bits per heavy atom. The minimum absolute atomic E-state index is 0.0246. The van der Waals surface area contributed by atoms with Crippen LogP contribution < -0.4 is 5.32 Å². The molecule has 0 bridgehead atoms. The van der Waals surface area contributed by atoms with Gasteiger partial charge in [-0.15, -0.1) is 11.8 Å². The molecule has 5 heteroatoms. The molecule has 0 unspecified atom stereocenters. The van der Waals surface area contributed by atoms with Crippen LogP contribution in [0.5, 0.6) is 0 Å². The van der Waals surface area contributed by atoms with E-state index in [4.69, 9.17) is 0 Å². The Morgan fingerprint density at radius 1 is 1.07 bits per heavy atom. The van der Waals surface area contributed by atoms with Gasteiger partial charge in [-0.05, 0) is 38.0 Å². The molecule has 0 saturated heterocycles. The van der Waals surface area contributed by atoms with Gasteiger partial charge in [-0.25, -0.2) is 0 Å². The lowest BCUT2D eigenvalue weighted by Crippen LogP contribution is -2.49. The zero-order valence-electron chi connectivity index (χ0n) is 16.3. The van der Waals surface area contributed by atoms with E-state index in [-0.39, 0.29) is 11.8 Å². The average Bonchev–Trinajstić information content (AvgIpc) is 2.67. The number of nitrogens with one attached hydrogen (secondary N) is 1. The number of hydrogen-bond acceptors (Lipinski definition) is 3. The van der Waals surface area contributed by atoms with E-state index in [1.807, 2.05) is 69.3 Å². The lowest BCUT2D eigenvalue weighted by molar-refractivity contribution is -0.139. The number of nitrogens with zero attached hydrogens (tertiary/aromatic N) is 1. The third-order valence-electron chi connectivity index (χ3n) is 4.28. The Kier molecular flexibility index (Phi) is 8.40. The van der Waals surface area contributed by atoms with Crippen LogP contribution in [0, 0.1) is 6.92 Å². The van der Waals surface area contributed by atoms with E-state index in [1.165, 1.54) is 11.8 Å². The lowest BCUT2D eigenvalue weighted by atomic mass is 10.1. The van der Waals surface area contributed by atoms with Crippen molar-refractivity contribution in [2.75, 3.05) is 12.3 Å². The predicted molar refractivity (Wildman–Crippen MR) is 112 cm³/mol. The van der Waals surface area contributed by atoms with Gasteiger partial charge in [-0.2, -0.15) is 0 Å². The van der Waals surface area contributed by atoms with Crippen molar-refractivity contribution in [1.82, 2.24) is 10.2 Å². The zero-order chi connectivity index (χ0) is 19.6. The van der Waals surface area contributed by atoms with E-state index in [0.29, 0.717) is 25.3 Å². The number of amides is 2. The minimum atomic E-state index is -0.464. The van der Waals surface area contributed by atoms with Crippen molar-refractivity contribution in [1.29, 1.82) is 0 Å². The smallest absolute Gasteiger partial charge is 0.242 e. The van der Waals surface area contributed by atoms with Gasteiger partial charge in [0, 0.05) is 18.0 Å². The highest BCUT2D eigenvalue weighted by Crippen LogP contribution is 2.20. The quantitative estimate of drug-likeness (QED) is 0.664. The molecule has 2 rings (SSSR count). The molecular weight excluding hydrogens is 356 g/mol. The summed E-state index contributed by atoms with van der Waals surface area (Å²) in [6, 6.07) is 17.5. The van der Waals surface area contributed by atoms with Crippen molar-refractivity contribution in [2.45, 2.75) is 44.7 Å². The molecule has 0 aliphatic rings. The molecule has 27 heavy (non-hydrogen) atoms. The van der Waals surface area contributed by atoms with Crippen LogP contribution in [-0.4, -0.2) is 35.1 Å². The van der Waals surface area contributed by atoms with E-state index >= 15 is 0 Å². The summed E-state index contributed by atoms with van der Waals surface area (Å²) in [5.41, 5.74) is 2.18. The monoisotopic (exact) mass is 384 g/mol. The number of aryl methyl sites for hydroxylation is 1. The normalized spacial score (nSPS) is 11.7. The van der Waals surface area contributed by atoms with E-state index in [9.17, 15) is 9.59 Å². The van der Waals surface area contributed by atoms with Gasteiger partial charge in [-0.1, -0.05) is 55.0 Å². The van der Waals surface area contributed by atoms with Crippen LogP contribution in [0.3, 0.4) is 0 Å². The summed E-state index contributed by atoms with van der Waals surface area (Å²) >= 11 is 1.50. The molecule has 0 radical (unpaired) electrons. The molecular formula is C22H28N2O2S. The molecule has 0 aromatic heterocycles. The van der Waals surface area contributed by atoms with Gasteiger partial charge in [-0.3, -0.25) is 9.59 Å². The molecule has 0 aliphatic carbocycles. The summed E-state index contributed by atoms with van der Waals surface area (Å²) in [5.74, 6) is 0.195. The average molecular weight is 385 g/mol. The Hall–Kier alpha value is -2.27. The van der Waals surface area contributed by atoms with Crippen molar-refractivity contribution in [2.24, 2.45) is 0 Å². The first kappa shape index (κ1) is 21.0. The number of likely N-dealkylation sites (N-methyl/N-ethyl adjacent to an activating group) is 1. The molecule has 0 aliphatic heterocycles. The van der Waals surface area contributed by atoms with Gasteiger partial charge in [0.05, 0.1) is 5.75 Å². The second-order valence-corrected chi connectivity index (χ2v) is 7.48. The maximum atomic E-state index is 13.0. The third-order valence-corrected chi connectivity index (χ3v) is 5.27. The summed E-state index contributed by atoms with van der Waals surface area (Å²) < 4.78 is 0. The molecule has 0 spiro atoms. The van der Waals surface area contributed by atoms with E-state index in [1.54, 1.807) is 4.90 Å². The number of hydrogen-bond donors (Lipinski definition) is 1. The van der Waals surface area contributed by atoms with Gasteiger partial charge >= 0.3 is 0 Å². The minimum Gasteiger partial charge on any atom is -0.355 e. The van der Waals surface area contributed by atoms with Crippen LogP contribution in [0.25, 0.3) is 0 Å². The molecule has 4 nitrogen and oxygen atoms in total. The standard InChI is InChI=1S/C22H28N2O2S/c1-4-20(22(26)23-5-2)24(15-18-11-9-10-17(3)14-18)21(25)16-27-19-12-7-6-8-13-19/h6-14,20H,4-5,15-16H2,1-3H3,(H,23,26)/t20-/m0/s1. The number of carbonyl (C=O) groups excluding carboxylic acids is 2. The van der Waals surface area contributed by atoms with Gasteiger partial charge in [0.25, 0.3) is 0 Å². The first-order valence-electron chi connectivity index (χ1n) is 9.35. The highest BCUT2D eigenvalue weighted by Gasteiger charge is 2.28. The van der Waals surface area contributed by atoms with Gasteiger partial charge in [0.1, 0.15) is 6.04 Å². The van der Waals surface area contributed by atoms with Crippen molar-refractivity contribution in [3.05, 3.63) is 65.7 Å². The second-order valence-electron chi connectivity index (χ2n) is 6.43. The van der Waals surface area contributed by atoms with Crippen molar-refractivity contribution >= 4 is 23.6 Å². The largest absolute Gasteiger partial charge is 0.355 e. The second kappa shape index (κ2) is 10.8. The summed E-state index contributed by atoms with van der Waals surface area (Å²) in [5, 5.41) is 2.86. The third kappa shape index (κ3) is 6.43. The molecule has 2 aromatic carbocycles. The van der Waals surface area contributed by atoms with Crippen LogP contribution >= 0.6 is 11.8 Å². The predicted octanol–water partition coefficient (Wildman–Crippen LogP) is 4.03. The van der Waals surface area contributed by atoms with Crippen LogP contribution in [0.2, 0.25) is 0 Å². The number of rotatable bonds is 9. The molecule has 0 heterocycles. The molecule has 2 amide bonds. The highest BCUT2D eigenvalue weighted by atomic mass is 32.2. The van der Waals surface area contributed by atoms with Crippen LogP contribution in [0.1, 0.15) is 31.4 Å². The molecule has 144 valence electrons. The van der Waals surface area contributed by atoms with Gasteiger partial charge < -0.3 is 10.2 Å². The van der Waals surface area contributed by atoms with Gasteiger partial charge in [0.15, 0.2) is 0 Å². The van der Waals surface area contributed by atoms with E-state index in [0.717, 1.165) is 16.0 Å². The fourth-order valence-electron chi connectivity index (χ4n) is 2.96. The maximum absolute atomic E-state index is 13.0. The lowest BCUT2D eigenvalue weighted by Gasteiger charge is -2.30. The van der Waals surface area contributed by atoms with Crippen LogP contribution in [0.15, 0.2) is 59.5 Å². The Bertz CT molecular complexity index is 749. The summed E-state index contributed by atoms with van der Waals surface area (Å²) in [7, 11) is 0. The summed E-state index contributed by atoms with van der Waals surface area (Å²) in [6.45, 7) is 6.86. The number of benzene rings is 2. The Labute approximate surface area is 166 Å². The Balaban J connectivity index is 2.18. The first-order valence-corrected chi connectivity index (χ1v) is 10.3. The fraction of sp³-hybridized carbons (Fsp3) is 0.364. The van der Waals surface area contributed by atoms with Crippen LogP contribution in [-0.2, 0) is 16.1 Å². The van der Waals surface area contributed by atoms with E-state index < -0.39 is 6.04 Å². The Morgan fingerprint density at radius 3 is 2.44 bits per heavy atom. The first-order chi connectivity index (χ1) is 13.0. The molecule has 0 saturated carbocycles. The fourth-order valence-corrected chi connectivity index (χ4v) is 3.77. The highest BCUT2D eigenvalue weighted by molar-refractivity contribution is 8.00. The number of thioether (sulfide) groups is 1. The van der Waals surface area contributed by atoms with E-state index in [2.05, 4.69) is 11.4 Å². The summed E-state index contributed by atoms with van der Waals surface area (Å²) in [6.07, 6.45) is 0.583. The van der Waals surface area contributed by atoms with Crippen molar-refractivity contribution in [3.63, 3.8) is 0 Å². The van der Waals surface area contributed by atoms with Crippen molar-refractivity contribution in [3.8, 4) is 0 Å². The van der Waals surface area contributed by atoms with Gasteiger partial charge in [0.2, 0.25) is 11.8 Å².